The van der Waals surface area contributed by atoms with E-state index in [9.17, 15) is 4.79 Å². The summed E-state index contributed by atoms with van der Waals surface area (Å²) in [5, 5.41) is 8.84. The summed E-state index contributed by atoms with van der Waals surface area (Å²) >= 11 is 3.50. The molecule has 5 heteroatoms. The molecule has 1 atom stereocenters. The monoisotopic (exact) mass is 400 g/mol. The van der Waals surface area contributed by atoms with Crippen LogP contribution in [0.25, 0.3) is 16.7 Å². The van der Waals surface area contributed by atoms with Crippen molar-refractivity contribution in [2.75, 3.05) is 0 Å². The van der Waals surface area contributed by atoms with Crippen LogP contribution in [0.3, 0.4) is 0 Å². The van der Waals surface area contributed by atoms with Crippen molar-refractivity contribution >= 4 is 32.9 Å². The molecule has 1 heterocycles. The summed E-state index contributed by atoms with van der Waals surface area (Å²) < 4.78 is 3.21. The number of carbonyl (C=O) groups is 1. The van der Waals surface area contributed by atoms with E-state index in [0.717, 1.165) is 39.0 Å². The zero-order valence-electron chi connectivity index (χ0n) is 14.4. The molecule has 0 aliphatic rings. The summed E-state index contributed by atoms with van der Waals surface area (Å²) in [6, 6.07) is 14.5. The van der Waals surface area contributed by atoms with Crippen LogP contribution in [-0.4, -0.2) is 20.6 Å². The van der Waals surface area contributed by atoms with Gasteiger partial charge in [0, 0.05) is 23.0 Å². The number of aromatic nitrogens is 2. The Kier molecular flexibility index (Phi) is 5.23. The van der Waals surface area contributed by atoms with E-state index in [0.29, 0.717) is 6.42 Å². The molecular formula is C20H21BrN2O2. The van der Waals surface area contributed by atoms with E-state index in [2.05, 4.69) is 64.7 Å². The van der Waals surface area contributed by atoms with E-state index in [-0.39, 0.29) is 12.3 Å². The van der Waals surface area contributed by atoms with Gasteiger partial charge in [0.1, 0.15) is 5.82 Å². The van der Waals surface area contributed by atoms with E-state index in [4.69, 9.17) is 10.1 Å². The van der Waals surface area contributed by atoms with Crippen molar-refractivity contribution in [1.82, 2.24) is 9.55 Å². The molecule has 4 nitrogen and oxygen atoms in total. The number of aryl methyl sites for hydroxylation is 1. The maximum Gasteiger partial charge on any atom is 0.303 e. The fourth-order valence-corrected chi connectivity index (χ4v) is 3.44. The number of carboxylic acids is 1. The van der Waals surface area contributed by atoms with Crippen molar-refractivity contribution in [1.29, 1.82) is 0 Å². The SMILES string of the molecule is CCc1nc2cc(Br)ccc2n1-c1ccc(C(C)CCC(=O)O)cc1. The third kappa shape index (κ3) is 3.76. The van der Waals surface area contributed by atoms with Gasteiger partial charge in [-0.3, -0.25) is 9.36 Å². The van der Waals surface area contributed by atoms with Crippen molar-refractivity contribution in [3.63, 3.8) is 0 Å². The highest BCUT2D eigenvalue weighted by Gasteiger charge is 2.13. The molecule has 0 aliphatic carbocycles. The van der Waals surface area contributed by atoms with Crippen molar-refractivity contribution in [2.24, 2.45) is 0 Å². The van der Waals surface area contributed by atoms with Crippen LogP contribution in [0, 0.1) is 0 Å². The zero-order valence-corrected chi connectivity index (χ0v) is 16.0. The molecule has 3 rings (SSSR count). The Morgan fingerprint density at radius 1 is 1.24 bits per heavy atom. The lowest BCUT2D eigenvalue weighted by Crippen LogP contribution is -2.02. The molecule has 0 fully saturated rings. The van der Waals surface area contributed by atoms with Crippen LogP contribution in [0.5, 0.6) is 0 Å². The molecule has 0 saturated heterocycles. The number of fused-ring (bicyclic) bond motifs is 1. The van der Waals surface area contributed by atoms with Gasteiger partial charge >= 0.3 is 5.97 Å². The second-order valence-electron chi connectivity index (χ2n) is 6.28. The first kappa shape index (κ1) is 17.7. The summed E-state index contributed by atoms with van der Waals surface area (Å²) in [6.45, 7) is 4.18. The van der Waals surface area contributed by atoms with E-state index < -0.39 is 5.97 Å². The largest absolute Gasteiger partial charge is 0.481 e. The van der Waals surface area contributed by atoms with Crippen molar-refractivity contribution in [2.45, 2.75) is 39.0 Å². The van der Waals surface area contributed by atoms with Crippen molar-refractivity contribution in [3.05, 3.63) is 58.3 Å². The summed E-state index contributed by atoms with van der Waals surface area (Å²) in [5.41, 5.74) is 4.31. The van der Waals surface area contributed by atoms with Crippen LogP contribution in [0.15, 0.2) is 46.9 Å². The molecule has 1 aromatic heterocycles. The van der Waals surface area contributed by atoms with Gasteiger partial charge in [0.25, 0.3) is 0 Å². The minimum atomic E-state index is -0.743. The number of benzene rings is 2. The Labute approximate surface area is 155 Å². The van der Waals surface area contributed by atoms with E-state index >= 15 is 0 Å². The first-order chi connectivity index (χ1) is 12.0. The number of hydrogen-bond donors (Lipinski definition) is 1. The molecule has 0 radical (unpaired) electrons. The van der Waals surface area contributed by atoms with Crippen LogP contribution in [0.4, 0.5) is 0 Å². The Balaban J connectivity index is 1.94. The van der Waals surface area contributed by atoms with Gasteiger partial charge in [-0.15, -0.1) is 0 Å². The van der Waals surface area contributed by atoms with Crippen LogP contribution < -0.4 is 0 Å². The maximum atomic E-state index is 10.7. The third-order valence-corrected chi connectivity index (χ3v) is 5.01. The highest BCUT2D eigenvalue weighted by Crippen LogP contribution is 2.27. The summed E-state index contributed by atoms with van der Waals surface area (Å²) in [7, 11) is 0. The number of aliphatic carboxylic acids is 1. The van der Waals surface area contributed by atoms with Crippen LogP contribution in [0.1, 0.15) is 44.0 Å². The number of carboxylic acid groups (broad SMARTS) is 1. The molecule has 130 valence electrons. The molecule has 0 saturated carbocycles. The minimum absolute atomic E-state index is 0.198. The number of hydrogen-bond acceptors (Lipinski definition) is 2. The van der Waals surface area contributed by atoms with Crippen LogP contribution in [0.2, 0.25) is 0 Å². The van der Waals surface area contributed by atoms with Gasteiger partial charge in [-0.2, -0.15) is 0 Å². The lowest BCUT2D eigenvalue weighted by Gasteiger charge is -2.13. The summed E-state index contributed by atoms with van der Waals surface area (Å²) in [5.74, 6) is 0.512. The van der Waals surface area contributed by atoms with Crippen LogP contribution >= 0.6 is 15.9 Å². The average Bonchev–Trinajstić information content (AvgIpc) is 2.97. The smallest absolute Gasteiger partial charge is 0.303 e. The number of halogens is 1. The Bertz CT molecular complexity index is 900. The Hall–Kier alpha value is -2.14. The van der Waals surface area contributed by atoms with Gasteiger partial charge in [-0.1, -0.05) is 41.9 Å². The molecule has 0 spiro atoms. The molecule has 1 N–H and O–H groups in total. The molecule has 0 bridgehead atoms. The molecule has 0 aliphatic heterocycles. The molecule has 0 amide bonds. The van der Waals surface area contributed by atoms with Crippen LogP contribution in [-0.2, 0) is 11.2 Å². The zero-order chi connectivity index (χ0) is 18.0. The number of rotatable bonds is 6. The standard InChI is InChI=1S/C20H21BrN2O2/c1-3-19-22-17-12-15(21)7-10-18(17)23(19)16-8-5-14(6-9-16)13(2)4-11-20(24)25/h5-10,12-13H,3-4,11H2,1-2H3,(H,24,25). The molecule has 3 aromatic rings. The molecular weight excluding hydrogens is 380 g/mol. The first-order valence-corrected chi connectivity index (χ1v) is 9.28. The fraction of sp³-hybridized carbons (Fsp3) is 0.300. The van der Waals surface area contributed by atoms with Gasteiger partial charge in [0.05, 0.1) is 11.0 Å². The number of imidazole rings is 1. The van der Waals surface area contributed by atoms with Crippen molar-refractivity contribution in [3.8, 4) is 5.69 Å². The van der Waals surface area contributed by atoms with E-state index in [1.807, 2.05) is 12.1 Å². The van der Waals surface area contributed by atoms with Crippen molar-refractivity contribution < 1.29 is 9.90 Å². The lowest BCUT2D eigenvalue weighted by atomic mass is 9.96. The topological polar surface area (TPSA) is 55.1 Å². The quantitative estimate of drug-likeness (QED) is 0.608. The molecule has 1 unspecified atom stereocenters. The van der Waals surface area contributed by atoms with Gasteiger partial charge in [-0.25, -0.2) is 4.98 Å². The van der Waals surface area contributed by atoms with Gasteiger partial charge in [0.15, 0.2) is 0 Å². The maximum absolute atomic E-state index is 10.7. The number of nitrogens with zero attached hydrogens (tertiary/aromatic N) is 2. The van der Waals surface area contributed by atoms with Gasteiger partial charge in [0.2, 0.25) is 0 Å². The normalized spacial score (nSPS) is 12.4. The van der Waals surface area contributed by atoms with E-state index in [1.54, 1.807) is 0 Å². The Morgan fingerprint density at radius 2 is 1.96 bits per heavy atom. The second kappa shape index (κ2) is 7.40. The lowest BCUT2D eigenvalue weighted by molar-refractivity contribution is -0.137. The van der Waals surface area contributed by atoms with Gasteiger partial charge < -0.3 is 5.11 Å². The minimum Gasteiger partial charge on any atom is -0.481 e. The van der Waals surface area contributed by atoms with E-state index in [1.165, 1.54) is 0 Å². The second-order valence-corrected chi connectivity index (χ2v) is 7.19. The predicted octanol–water partition coefficient (Wildman–Crippen LogP) is 5.32. The summed E-state index contributed by atoms with van der Waals surface area (Å²) in [6.07, 6.45) is 1.70. The summed E-state index contributed by atoms with van der Waals surface area (Å²) in [4.78, 5) is 15.5. The molecule has 2 aromatic carbocycles. The predicted molar refractivity (Wildman–Crippen MR) is 103 cm³/mol. The Morgan fingerprint density at radius 3 is 2.60 bits per heavy atom. The average molecular weight is 401 g/mol. The highest BCUT2D eigenvalue weighted by atomic mass is 79.9. The highest BCUT2D eigenvalue weighted by molar-refractivity contribution is 9.10. The molecule has 25 heavy (non-hydrogen) atoms. The fourth-order valence-electron chi connectivity index (χ4n) is 3.09. The third-order valence-electron chi connectivity index (χ3n) is 4.51. The first-order valence-electron chi connectivity index (χ1n) is 8.48. The van der Waals surface area contributed by atoms with Gasteiger partial charge in [-0.05, 0) is 48.2 Å².